The van der Waals surface area contributed by atoms with Gasteiger partial charge in [0, 0.05) is 19.0 Å². The van der Waals surface area contributed by atoms with E-state index >= 15 is 0 Å². The monoisotopic (exact) mass is 266 g/mol. The molecule has 1 rings (SSSR count). The molecule has 0 spiro atoms. The van der Waals surface area contributed by atoms with E-state index in [0.717, 1.165) is 18.8 Å². The second-order valence-corrected chi connectivity index (χ2v) is 5.32. The molecule has 0 saturated heterocycles. The minimum absolute atomic E-state index is 0.682. The van der Waals surface area contributed by atoms with Gasteiger partial charge in [-0.3, -0.25) is 5.10 Å². The van der Waals surface area contributed by atoms with E-state index in [-0.39, 0.29) is 0 Å². The highest BCUT2D eigenvalue weighted by Crippen LogP contribution is 2.11. The molecule has 0 radical (unpaired) electrons. The summed E-state index contributed by atoms with van der Waals surface area (Å²) in [5, 5.41) is 10.5. The molecule has 0 amide bonds. The zero-order chi connectivity index (χ0) is 13.8. The van der Waals surface area contributed by atoms with Crippen molar-refractivity contribution in [1.29, 1.82) is 0 Å². The van der Waals surface area contributed by atoms with Gasteiger partial charge < -0.3 is 5.32 Å². The number of hydrogen-bond acceptors (Lipinski definition) is 3. The quantitative estimate of drug-likeness (QED) is 0.570. The number of H-pyrrole nitrogens is 1. The Bertz CT molecular complexity index is 274. The van der Waals surface area contributed by atoms with Crippen molar-refractivity contribution in [2.24, 2.45) is 0 Å². The van der Waals surface area contributed by atoms with Crippen LogP contribution in [0.1, 0.15) is 71.0 Å². The predicted molar refractivity (Wildman–Crippen MR) is 80.2 cm³/mol. The van der Waals surface area contributed by atoms with Gasteiger partial charge in [-0.1, -0.05) is 52.4 Å². The molecule has 2 N–H and O–H groups in total. The lowest BCUT2D eigenvalue weighted by atomic mass is 10.0. The van der Waals surface area contributed by atoms with Crippen molar-refractivity contribution in [3.63, 3.8) is 0 Å². The fourth-order valence-electron chi connectivity index (χ4n) is 2.38. The summed E-state index contributed by atoms with van der Waals surface area (Å²) in [5.74, 6) is 0.980. The molecule has 1 aromatic rings. The molecular formula is C15H30N4. The van der Waals surface area contributed by atoms with Crippen LogP contribution in [0.3, 0.4) is 0 Å². The fourth-order valence-corrected chi connectivity index (χ4v) is 2.38. The average Bonchev–Trinajstić information content (AvgIpc) is 2.92. The number of nitrogens with one attached hydrogen (secondary N) is 2. The van der Waals surface area contributed by atoms with Gasteiger partial charge in [0.15, 0.2) is 0 Å². The van der Waals surface area contributed by atoms with E-state index < -0.39 is 0 Å². The summed E-state index contributed by atoms with van der Waals surface area (Å²) in [6.45, 7) is 5.53. The number of rotatable bonds is 12. The first-order valence-corrected chi connectivity index (χ1v) is 7.94. The molecule has 19 heavy (non-hydrogen) atoms. The van der Waals surface area contributed by atoms with E-state index in [9.17, 15) is 0 Å². The summed E-state index contributed by atoms with van der Waals surface area (Å²) in [5.41, 5.74) is 0. The number of aromatic nitrogens is 3. The standard InChI is InChI=1S/C15H30N4/c1-3-5-7-9-14(10-8-6-4-2)16-12-11-15-17-13-18-19-15/h13-14,16H,3-12H2,1-2H3,(H,17,18,19). The molecule has 1 heterocycles. The maximum Gasteiger partial charge on any atom is 0.137 e. The number of aromatic amines is 1. The van der Waals surface area contributed by atoms with Crippen LogP contribution in [0, 0.1) is 0 Å². The highest BCUT2D eigenvalue weighted by molar-refractivity contribution is 4.81. The second-order valence-electron chi connectivity index (χ2n) is 5.32. The Hall–Kier alpha value is -0.900. The van der Waals surface area contributed by atoms with E-state index in [1.54, 1.807) is 6.33 Å². The SMILES string of the molecule is CCCCCC(CCCCC)NCCc1ncn[nH]1. The van der Waals surface area contributed by atoms with Crippen LogP contribution < -0.4 is 5.32 Å². The molecule has 0 aliphatic carbocycles. The first-order valence-electron chi connectivity index (χ1n) is 7.94. The van der Waals surface area contributed by atoms with Crippen molar-refractivity contribution in [2.45, 2.75) is 77.7 Å². The van der Waals surface area contributed by atoms with Crippen LogP contribution in [0.15, 0.2) is 6.33 Å². The summed E-state index contributed by atoms with van der Waals surface area (Å²) in [6.07, 6.45) is 13.2. The van der Waals surface area contributed by atoms with E-state index in [1.165, 1.54) is 51.4 Å². The normalized spacial score (nSPS) is 11.3. The summed E-state index contributed by atoms with van der Waals surface area (Å²) < 4.78 is 0. The second kappa shape index (κ2) is 11.0. The Morgan fingerprint density at radius 2 is 1.79 bits per heavy atom. The molecule has 0 aliphatic heterocycles. The molecule has 4 nitrogen and oxygen atoms in total. The Kier molecular flexibility index (Phi) is 9.33. The summed E-state index contributed by atoms with van der Waals surface area (Å²) in [4.78, 5) is 4.16. The van der Waals surface area contributed by atoms with Gasteiger partial charge in [0.1, 0.15) is 12.2 Å². The van der Waals surface area contributed by atoms with Gasteiger partial charge >= 0.3 is 0 Å². The fraction of sp³-hybridized carbons (Fsp3) is 0.867. The third-order valence-corrected chi connectivity index (χ3v) is 3.57. The highest BCUT2D eigenvalue weighted by Gasteiger charge is 2.07. The molecule has 110 valence electrons. The van der Waals surface area contributed by atoms with Crippen LogP contribution in [0.5, 0.6) is 0 Å². The van der Waals surface area contributed by atoms with Crippen LogP contribution in [0.25, 0.3) is 0 Å². The lowest BCUT2D eigenvalue weighted by Crippen LogP contribution is -2.31. The van der Waals surface area contributed by atoms with Crippen LogP contribution in [-0.2, 0) is 6.42 Å². The van der Waals surface area contributed by atoms with Crippen LogP contribution in [0.4, 0.5) is 0 Å². The van der Waals surface area contributed by atoms with Gasteiger partial charge in [-0.05, 0) is 12.8 Å². The third-order valence-electron chi connectivity index (χ3n) is 3.57. The van der Waals surface area contributed by atoms with Gasteiger partial charge in [0.05, 0.1) is 0 Å². The van der Waals surface area contributed by atoms with Gasteiger partial charge in [-0.2, -0.15) is 5.10 Å². The molecule has 0 fully saturated rings. The molecule has 0 unspecified atom stereocenters. The van der Waals surface area contributed by atoms with Crippen molar-refractivity contribution >= 4 is 0 Å². The lowest BCUT2D eigenvalue weighted by molar-refractivity contribution is 0.420. The maximum absolute atomic E-state index is 4.16. The summed E-state index contributed by atoms with van der Waals surface area (Å²) >= 11 is 0. The largest absolute Gasteiger partial charge is 0.314 e. The molecule has 0 aromatic carbocycles. The first-order chi connectivity index (χ1) is 9.36. The van der Waals surface area contributed by atoms with Gasteiger partial charge in [-0.25, -0.2) is 4.98 Å². The van der Waals surface area contributed by atoms with Crippen molar-refractivity contribution in [3.8, 4) is 0 Å². The van der Waals surface area contributed by atoms with Crippen LogP contribution in [0.2, 0.25) is 0 Å². The Balaban J connectivity index is 2.18. The molecule has 0 aliphatic rings. The number of hydrogen-bond donors (Lipinski definition) is 2. The molecule has 1 aromatic heterocycles. The summed E-state index contributed by atoms with van der Waals surface area (Å²) in [7, 11) is 0. The smallest absolute Gasteiger partial charge is 0.137 e. The minimum atomic E-state index is 0.682. The topological polar surface area (TPSA) is 53.6 Å². The molecule has 4 heteroatoms. The summed E-state index contributed by atoms with van der Waals surface area (Å²) in [6, 6.07) is 0.682. The zero-order valence-electron chi connectivity index (χ0n) is 12.6. The van der Waals surface area contributed by atoms with Crippen molar-refractivity contribution < 1.29 is 0 Å². The van der Waals surface area contributed by atoms with E-state index in [4.69, 9.17) is 0 Å². The van der Waals surface area contributed by atoms with Gasteiger partial charge in [0.25, 0.3) is 0 Å². The van der Waals surface area contributed by atoms with Gasteiger partial charge in [0.2, 0.25) is 0 Å². The minimum Gasteiger partial charge on any atom is -0.314 e. The Morgan fingerprint density at radius 1 is 1.11 bits per heavy atom. The van der Waals surface area contributed by atoms with E-state index in [0.29, 0.717) is 6.04 Å². The van der Waals surface area contributed by atoms with Crippen molar-refractivity contribution in [2.75, 3.05) is 6.54 Å². The Morgan fingerprint density at radius 3 is 2.32 bits per heavy atom. The zero-order valence-corrected chi connectivity index (χ0v) is 12.6. The van der Waals surface area contributed by atoms with Crippen LogP contribution in [-0.4, -0.2) is 27.8 Å². The maximum atomic E-state index is 4.16. The molecule has 0 atom stereocenters. The predicted octanol–water partition coefficient (Wildman–Crippen LogP) is 3.47. The highest BCUT2D eigenvalue weighted by atomic mass is 15.2. The average molecular weight is 266 g/mol. The first kappa shape index (κ1) is 16.2. The van der Waals surface area contributed by atoms with Crippen LogP contribution >= 0.6 is 0 Å². The van der Waals surface area contributed by atoms with E-state index in [2.05, 4.69) is 34.3 Å². The third kappa shape index (κ3) is 7.98. The molecule has 0 saturated carbocycles. The molecular weight excluding hydrogens is 236 g/mol. The lowest BCUT2D eigenvalue weighted by Gasteiger charge is -2.18. The number of unbranched alkanes of at least 4 members (excludes halogenated alkanes) is 4. The molecule has 0 bridgehead atoms. The Labute approximate surface area is 117 Å². The number of nitrogens with zero attached hydrogens (tertiary/aromatic N) is 2. The van der Waals surface area contributed by atoms with Gasteiger partial charge in [-0.15, -0.1) is 0 Å². The van der Waals surface area contributed by atoms with Crippen molar-refractivity contribution in [3.05, 3.63) is 12.2 Å². The van der Waals surface area contributed by atoms with Crippen molar-refractivity contribution in [1.82, 2.24) is 20.5 Å². The van der Waals surface area contributed by atoms with E-state index in [1.807, 2.05) is 0 Å².